The van der Waals surface area contributed by atoms with Crippen LogP contribution < -0.4 is 0 Å². The van der Waals surface area contributed by atoms with Crippen LogP contribution in [0.3, 0.4) is 0 Å². The summed E-state index contributed by atoms with van der Waals surface area (Å²) in [5.74, 6) is 1.17. The number of ether oxygens (including phenoxy) is 1. The Hall–Kier alpha value is -1.72. The number of carbonyl (C=O) groups excluding carboxylic acids is 1. The standard InChI is InChI=1S/C21H26N2O2S/c1-15-22-19(14-26-15)21(24)23-10-9-20(25-13-17-7-8-17)18(12-23)11-16-5-3-2-4-6-16/h2-6,14,17-18,20H,7-13H2,1H3/t18-,20-/m1/s1. The highest BCUT2D eigenvalue weighted by Gasteiger charge is 2.34. The molecule has 1 saturated carbocycles. The van der Waals surface area contributed by atoms with Gasteiger partial charge in [0, 0.05) is 31.0 Å². The van der Waals surface area contributed by atoms with Gasteiger partial charge < -0.3 is 9.64 Å². The van der Waals surface area contributed by atoms with Gasteiger partial charge in [-0.05, 0) is 44.1 Å². The summed E-state index contributed by atoms with van der Waals surface area (Å²) in [7, 11) is 0. The number of benzene rings is 1. The van der Waals surface area contributed by atoms with E-state index in [0.717, 1.165) is 43.5 Å². The van der Waals surface area contributed by atoms with Crippen LogP contribution in [0.15, 0.2) is 35.7 Å². The van der Waals surface area contributed by atoms with E-state index < -0.39 is 0 Å². The number of nitrogens with zero attached hydrogens (tertiary/aromatic N) is 2. The van der Waals surface area contributed by atoms with Crippen molar-refractivity contribution in [3.8, 4) is 0 Å². The monoisotopic (exact) mass is 370 g/mol. The fourth-order valence-corrected chi connectivity index (χ4v) is 4.28. The Morgan fingerprint density at radius 1 is 1.27 bits per heavy atom. The van der Waals surface area contributed by atoms with Gasteiger partial charge in [-0.25, -0.2) is 4.98 Å². The lowest BCUT2D eigenvalue weighted by molar-refractivity contribution is -0.0326. The third-order valence-corrected chi connectivity index (χ3v) is 6.15. The molecule has 2 heterocycles. The van der Waals surface area contributed by atoms with E-state index in [-0.39, 0.29) is 12.0 Å². The number of hydrogen-bond donors (Lipinski definition) is 0. The van der Waals surface area contributed by atoms with Gasteiger partial charge in [0.1, 0.15) is 5.69 Å². The van der Waals surface area contributed by atoms with Crippen LogP contribution in [-0.2, 0) is 11.2 Å². The molecule has 2 aliphatic rings. The molecule has 2 aromatic rings. The van der Waals surface area contributed by atoms with Crippen molar-refractivity contribution in [1.29, 1.82) is 0 Å². The first kappa shape index (κ1) is 17.7. The second kappa shape index (κ2) is 7.89. The fraction of sp³-hybridized carbons (Fsp3) is 0.524. The maximum Gasteiger partial charge on any atom is 0.273 e. The van der Waals surface area contributed by atoms with E-state index in [1.54, 1.807) is 0 Å². The van der Waals surface area contributed by atoms with Crippen LogP contribution in [0.1, 0.15) is 40.3 Å². The number of likely N-dealkylation sites (tertiary alicyclic amines) is 1. The molecule has 5 heteroatoms. The summed E-state index contributed by atoms with van der Waals surface area (Å²) in [5, 5.41) is 2.82. The van der Waals surface area contributed by atoms with Crippen molar-refractivity contribution >= 4 is 17.2 Å². The molecule has 1 saturated heterocycles. The van der Waals surface area contributed by atoms with Crippen LogP contribution in [-0.4, -0.2) is 41.6 Å². The molecule has 4 rings (SSSR count). The molecule has 2 atom stereocenters. The zero-order valence-corrected chi connectivity index (χ0v) is 16.1. The Bertz CT molecular complexity index is 741. The molecule has 138 valence electrons. The molecule has 0 unspecified atom stereocenters. The Labute approximate surface area is 159 Å². The van der Waals surface area contributed by atoms with E-state index in [1.807, 2.05) is 23.3 Å². The summed E-state index contributed by atoms with van der Waals surface area (Å²) < 4.78 is 6.28. The number of aromatic nitrogens is 1. The second-order valence-electron chi connectivity index (χ2n) is 7.56. The molecular weight excluding hydrogens is 344 g/mol. The number of carbonyl (C=O) groups is 1. The number of hydrogen-bond acceptors (Lipinski definition) is 4. The molecule has 0 radical (unpaired) electrons. The smallest absolute Gasteiger partial charge is 0.273 e. The maximum atomic E-state index is 12.8. The van der Waals surface area contributed by atoms with E-state index >= 15 is 0 Å². The summed E-state index contributed by atoms with van der Waals surface area (Å²) in [5.41, 5.74) is 1.90. The third-order valence-electron chi connectivity index (χ3n) is 5.37. The Balaban J connectivity index is 1.45. The Morgan fingerprint density at radius 2 is 2.08 bits per heavy atom. The van der Waals surface area contributed by atoms with Crippen LogP contribution in [0.2, 0.25) is 0 Å². The summed E-state index contributed by atoms with van der Waals surface area (Å²) in [6, 6.07) is 10.6. The predicted octanol–water partition coefficient (Wildman–Crippen LogP) is 3.95. The minimum Gasteiger partial charge on any atom is -0.377 e. The van der Waals surface area contributed by atoms with E-state index in [1.165, 1.54) is 29.7 Å². The number of aryl methyl sites for hydroxylation is 1. The van der Waals surface area contributed by atoms with Gasteiger partial charge in [0.15, 0.2) is 0 Å². The van der Waals surface area contributed by atoms with Gasteiger partial charge in [-0.15, -0.1) is 11.3 Å². The summed E-state index contributed by atoms with van der Waals surface area (Å²) in [4.78, 5) is 19.2. The van der Waals surface area contributed by atoms with Crippen molar-refractivity contribution in [3.63, 3.8) is 0 Å². The van der Waals surface area contributed by atoms with Gasteiger partial charge in [0.2, 0.25) is 0 Å². The molecule has 2 fully saturated rings. The molecule has 0 bridgehead atoms. The predicted molar refractivity (Wildman–Crippen MR) is 103 cm³/mol. The first-order chi connectivity index (χ1) is 12.7. The van der Waals surface area contributed by atoms with Gasteiger partial charge in [0.05, 0.1) is 11.1 Å². The highest BCUT2D eigenvalue weighted by Crippen LogP contribution is 2.32. The summed E-state index contributed by atoms with van der Waals surface area (Å²) in [6.45, 7) is 4.34. The minimum atomic E-state index is 0.0630. The lowest BCUT2D eigenvalue weighted by atomic mass is 9.88. The lowest BCUT2D eigenvalue weighted by Gasteiger charge is -2.38. The number of thiazole rings is 1. The van der Waals surface area contributed by atoms with Gasteiger partial charge >= 0.3 is 0 Å². The van der Waals surface area contributed by atoms with E-state index in [4.69, 9.17) is 4.74 Å². The number of rotatable bonds is 6. The molecule has 1 aromatic carbocycles. The average Bonchev–Trinajstić information content (AvgIpc) is 3.39. The normalized spacial score (nSPS) is 23.2. The maximum absolute atomic E-state index is 12.8. The number of piperidine rings is 1. The molecular formula is C21H26N2O2S. The molecule has 0 spiro atoms. The van der Waals surface area contributed by atoms with Crippen molar-refractivity contribution in [3.05, 3.63) is 52.0 Å². The fourth-order valence-electron chi connectivity index (χ4n) is 3.70. The van der Waals surface area contributed by atoms with Crippen LogP contribution in [0, 0.1) is 18.8 Å². The average molecular weight is 371 g/mol. The Kier molecular flexibility index (Phi) is 5.36. The second-order valence-corrected chi connectivity index (χ2v) is 8.62. The lowest BCUT2D eigenvalue weighted by Crippen LogP contribution is -2.47. The highest BCUT2D eigenvalue weighted by molar-refractivity contribution is 7.09. The summed E-state index contributed by atoms with van der Waals surface area (Å²) in [6.07, 6.45) is 4.74. The summed E-state index contributed by atoms with van der Waals surface area (Å²) >= 11 is 1.54. The van der Waals surface area contributed by atoms with Crippen LogP contribution in [0.5, 0.6) is 0 Å². The van der Waals surface area contributed by atoms with Gasteiger partial charge in [-0.1, -0.05) is 30.3 Å². The molecule has 26 heavy (non-hydrogen) atoms. The number of amides is 1. The molecule has 0 N–H and O–H groups in total. The molecule has 1 aliphatic carbocycles. The van der Waals surface area contributed by atoms with Crippen molar-refractivity contribution < 1.29 is 9.53 Å². The SMILES string of the molecule is Cc1nc(C(=O)N2CC[C@@H](OCC3CC3)[C@H](Cc3ccccc3)C2)cs1. The zero-order chi connectivity index (χ0) is 17.9. The molecule has 1 amide bonds. The van der Waals surface area contributed by atoms with Crippen molar-refractivity contribution in [2.24, 2.45) is 11.8 Å². The van der Waals surface area contributed by atoms with Crippen molar-refractivity contribution in [2.45, 2.75) is 38.7 Å². The van der Waals surface area contributed by atoms with Gasteiger partial charge in [-0.3, -0.25) is 4.79 Å². The zero-order valence-electron chi connectivity index (χ0n) is 15.3. The van der Waals surface area contributed by atoms with Crippen LogP contribution in [0.4, 0.5) is 0 Å². The molecule has 1 aromatic heterocycles. The van der Waals surface area contributed by atoms with Crippen molar-refractivity contribution in [2.75, 3.05) is 19.7 Å². The third kappa shape index (κ3) is 4.33. The highest BCUT2D eigenvalue weighted by atomic mass is 32.1. The van der Waals surface area contributed by atoms with E-state index in [9.17, 15) is 4.79 Å². The first-order valence-corrected chi connectivity index (χ1v) is 10.4. The quantitative estimate of drug-likeness (QED) is 0.773. The largest absolute Gasteiger partial charge is 0.377 e. The van der Waals surface area contributed by atoms with E-state index in [0.29, 0.717) is 11.6 Å². The first-order valence-electron chi connectivity index (χ1n) is 9.56. The van der Waals surface area contributed by atoms with Crippen LogP contribution >= 0.6 is 11.3 Å². The molecule has 1 aliphatic heterocycles. The molecule has 4 nitrogen and oxygen atoms in total. The van der Waals surface area contributed by atoms with E-state index in [2.05, 4.69) is 29.2 Å². The van der Waals surface area contributed by atoms with Gasteiger partial charge in [0.25, 0.3) is 5.91 Å². The Morgan fingerprint density at radius 3 is 2.77 bits per heavy atom. The minimum absolute atomic E-state index is 0.0630. The van der Waals surface area contributed by atoms with Crippen molar-refractivity contribution in [1.82, 2.24) is 9.88 Å². The van der Waals surface area contributed by atoms with Crippen LogP contribution in [0.25, 0.3) is 0 Å². The topological polar surface area (TPSA) is 42.4 Å². The van der Waals surface area contributed by atoms with Gasteiger partial charge in [-0.2, -0.15) is 0 Å².